The van der Waals surface area contributed by atoms with Crippen molar-refractivity contribution in [1.82, 2.24) is 9.78 Å². The number of hydrogen-bond donors (Lipinski definition) is 0. The normalized spacial score (nSPS) is 21.5. The molecule has 1 aromatic heterocycles. The minimum atomic E-state index is -0.395. The number of esters is 1. The molecule has 0 amide bonds. The Morgan fingerprint density at radius 1 is 1.43 bits per heavy atom. The Kier molecular flexibility index (Phi) is 3.41. The molecule has 0 spiro atoms. The molecule has 4 nitrogen and oxygen atoms in total. The Bertz CT molecular complexity index is 802. The molecule has 0 radical (unpaired) electrons. The Morgan fingerprint density at radius 3 is 2.96 bits per heavy atom. The second kappa shape index (κ2) is 5.34. The third kappa shape index (κ3) is 2.17. The molecule has 2 bridgehead atoms. The SMILES string of the molecule is CCOC(=O)c1nn(-c2ccc(F)cc2Cl)c2c1C1CCC2C1. The van der Waals surface area contributed by atoms with Crippen LogP contribution in [0.3, 0.4) is 0 Å². The van der Waals surface area contributed by atoms with Crippen LogP contribution in [0.15, 0.2) is 18.2 Å². The number of carbonyl (C=O) groups is 1. The second-order valence-electron chi connectivity index (χ2n) is 6.08. The van der Waals surface area contributed by atoms with Crippen molar-refractivity contribution in [2.45, 2.75) is 38.0 Å². The van der Waals surface area contributed by atoms with Crippen LogP contribution in [0, 0.1) is 5.82 Å². The molecule has 1 aromatic carbocycles. The standard InChI is InChI=1S/C17H16ClFN2O2/c1-2-23-17(22)15-14-9-3-4-10(7-9)16(14)21(20-15)13-6-5-11(19)8-12(13)18/h5-6,8-10H,2-4,7H2,1H3. The first kappa shape index (κ1) is 14.7. The fraction of sp³-hybridized carbons (Fsp3) is 0.412. The highest BCUT2D eigenvalue weighted by atomic mass is 35.5. The van der Waals surface area contributed by atoms with E-state index in [0.29, 0.717) is 29.8 Å². The molecule has 0 N–H and O–H groups in total. The molecule has 0 saturated heterocycles. The molecule has 1 fully saturated rings. The molecule has 23 heavy (non-hydrogen) atoms. The second-order valence-corrected chi connectivity index (χ2v) is 6.49. The minimum Gasteiger partial charge on any atom is -0.461 e. The maximum absolute atomic E-state index is 13.3. The molecule has 1 saturated carbocycles. The summed E-state index contributed by atoms with van der Waals surface area (Å²) in [5, 5.41) is 4.77. The van der Waals surface area contributed by atoms with Crippen LogP contribution in [0.5, 0.6) is 0 Å². The van der Waals surface area contributed by atoms with Gasteiger partial charge < -0.3 is 4.74 Å². The van der Waals surface area contributed by atoms with Crippen molar-refractivity contribution in [1.29, 1.82) is 0 Å². The van der Waals surface area contributed by atoms with Crippen molar-refractivity contribution < 1.29 is 13.9 Å². The van der Waals surface area contributed by atoms with Crippen LogP contribution in [0.1, 0.15) is 59.8 Å². The van der Waals surface area contributed by atoms with E-state index in [1.807, 2.05) is 0 Å². The van der Waals surface area contributed by atoms with Gasteiger partial charge in [0.1, 0.15) is 5.82 Å². The van der Waals surface area contributed by atoms with Crippen molar-refractivity contribution in [2.75, 3.05) is 6.61 Å². The number of rotatable bonds is 3. The fourth-order valence-electron chi connectivity index (χ4n) is 3.92. The van der Waals surface area contributed by atoms with E-state index in [-0.39, 0.29) is 5.02 Å². The van der Waals surface area contributed by atoms with Gasteiger partial charge in [-0.25, -0.2) is 13.9 Å². The van der Waals surface area contributed by atoms with Crippen LogP contribution in [0.2, 0.25) is 5.02 Å². The first-order chi connectivity index (χ1) is 11.1. The molecule has 120 valence electrons. The summed E-state index contributed by atoms with van der Waals surface area (Å²) >= 11 is 6.20. The van der Waals surface area contributed by atoms with Gasteiger partial charge in [-0.2, -0.15) is 5.10 Å². The molecule has 1 heterocycles. The Labute approximate surface area is 138 Å². The molecular weight excluding hydrogens is 319 g/mol. The summed E-state index contributed by atoms with van der Waals surface area (Å²) in [6.07, 6.45) is 3.20. The van der Waals surface area contributed by atoms with E-state index >= 15 is 0 Å². The molecule has 0 aliphatic heterocycles. The van der Waals surface area contributed by atoms with Gasteiger partial charge in [0, 0.05) is 11.5 Å². The van der Waals surface area contributed by atoms with Gasteiger partial charge >= 0.3 is 5.97 Å². The summed E-state index contributed by atoms with van der Waals surface area (Å²) < 4.78 is 20.2. The largest absolute Gasteiger partial charge is 0.461 e. The molecule has 2 aromatic rings. The molecule has 2 unspecified atom stereocenters. The van der Waals surface area contributed by atoms with Crippen molar-refractivity contribution in [2.24, 2.45) is 0 Å². The molecular formula is C17H16ClFN2O2. The zero-order chi connectivity index (χ0) is 16.1. The van der Waals surface area contributed by atoms with Gasteiger partial charge in [0.2, 0.25) is 0 Å². The third-order valence-corrected chi connectivity index (χ3v) is 5.10. The van der Waals surface area contributed by atoms with Crippen molar-refractivity contribution in [3.8, 4) is 5.69 Å². The Morgan fingerprint density at radius 2 is 2.22 bits per heavy atom. The van der Waals surface area contributed by atoms with Gasteiger partial charge in [-0.15, -0.1) is 0 Å². The maximum Gasteiger partial charge on any atom is 0.359 e. The first-order valence-electron chi connectivity index (χ1n) is 7.85. The van der Waals surface area contributed by atoms with E-state index in [4.69, 9.17) is 16.3 Å². The van der Waals surface area contributed by atoms with Crippen molar-refractivity contribution in [3.05, 3.63) is 46.0 Å². The van der Waals surface area contributed by atoms with E-state index < -0.39 is 11.8 Å². The topological polar surface area (TPSA) is 44.1 Å². The van der Waals surface area contributed by atoms with Crippen LogP contribution in [-0.4, -0.2) is 22.4 Å². The molecule has 4 rings (SSSR count). The highest BCUT2D eigenvalue weighted by Gasteiger charge is 2.44. The monoisotopic (exact) mass is 334 g/mol. The van der Waals surface area contributed by atoms with Crippen LogP contribution < -0.4 is 0 Å². The average Bonchev–Trinajstić information content (AvgIpc) is 3.19. The summed E-state index contributed by atoms with van der Waals surface area (Å²) in [6.45, 7) is 2.09. The maximum atomic E-state index is 13.3. The highest BCUT2D eigenvalue weighted by molar-refractivity contribution is 6.32. The highest BCUT2D eigenvalue weighted by Crippen LogP contribution is 2.54. The zero-order valence-electron chi connectivity index (χ0n) is 12.7. The van der Waals surface area contributed by atoms with Gasteiger partial charge in [-0.1, -0.05) is 11.6 Å². The summed E-state index contributed by atoms with van der Waals surface area (Å²) in [5.41, 5.74) is 3.03. The van der Waals surface area contributed by atoms with Crippen molar-refractivity contribution in [3.63, 3.8) is 0 Å². The van der Waals surface area contributed by atoms with E-state index in [1.54, 1.807) is 17.7 Å². The quantitative estimate of drug-likeness (QED) is 0.790. The summed E-state index contributed by atoms with van der Waals surface area (Å²) in [4.78, 5) is 12.3. The lowest BCUT2D eigenvalue weighted by Crippen LogP contribution is -2.09. The number of benzene rings is 1. The van der Waals surface area contributed by atoms with Crippen LogP contribution in [-0.2, 0) is 4.74 Å². The number of fused-ring (bicyclic) bond motifs is 5. The van der Waals surface area contributed by atoms with E-state index in [2.05, 4.69) is 5.10 Å². The van der Waals surface area contributed by atoms with Gasteiger partial charge in [0.25, 0.3) is 0 Å². The summed E-state index contributed by atoms with van der Waals surface area (Å²) in [7, 11) is 0. The van der Waals surface area contributed by atoms with Gasteiger partial charge in [-0.05, 0) is 50.3 Å². The van der Waals surface area contributed by atoms with Gasteiger partial charge in [0.05, 0.1) is 23.0 Å². The number of carbonyl (C=O) groups excluding carboxylic acids is 1. The number of ether oxygens (including phenoxy) is 1. The van der Waals surface area contributed by atoms with Crippen LogP contribution in [0.25, 0.3) is 5.69 Å². The lowest BCUT2D eigenvalue weighted by molar-refractivity contribution is 0.0517. The predicted molar refractivity (Wildman–Crippen MR) is 83.8 cm³/mol. The lowest BCUT2D eigenvalue weighted by Gasteiger charge is -2.14. The summed E-state index contributed by atoms with van der Waals surface area (Å²) in [6, 6.07) is 4.22. The van der Waals surface area contributed by atoms with Crippen LogP contribution >= 0.6 is 11.6 Å². The number of halogens is 2. The minimum absolute atomic E-state index is 0.286. The zero-order valence-corrected chi connectivity index (χ0v) is 13.4. The molecule has 2 atom stereocenters. The smallest absolute Gasteiger partial charge is 0.359 e. The molecule has 2 aliphatic rings. The Hall–Kier alpha value is -1.88. The third-order valence-electron chi connectivity index (χ3n) is 4.79. The van der Waals surface area contributed by atoms with Gasteiger partial charge in [0.15, 0.2) is 5.69 Å². The van der Waals surface area contributed by atoms with E-state index in [1.165, 1.54) is 12.1 Å². The van der Waals surface area contributed by atoms with Crippen molar-refractivity contribution >= 4 is 17.6 Å². The number of hydrogen-bond acceptors (Lipinski definition) is 3. The Balaban J connectivity index is 1.90. The average molecular weight is 335 g/mol. The van der Waals surface area contributed by atoms with Gasteiger partial charge in [-0.3, -0.25) is 0 Å². The predicted octanol–water partition coefficient (Wildman–Crippen LogP) is 4.21. The number of nitrogens with zero attached hydrogens (tertiary/aromatic N) is 2. The summed E-state index contributed by atoms with van der Waals surface area (Å²) in [5.74, 6) is -0.0443. The first-order valence-corrected chi connectivity index (χ1v) is 8.23. The van der Waals surface area contributed by atoms with E-state index in [0.717, 1.165) is 30.5 Å². The fourth-order valence-corrected chi connectivity index (χ4v) is 4.16. The molecule has 6 heteroatoms. The van der Waals surface area contributed by atoms with Crippen LogP contribution in [0.4, 0.5) is 4.39 Å². The van der Waals surface area contributed by atoms with E-state index in [9.17, 15) is 9.18 Å². The molecule has 2 aliphatic carbocycles. The lowest BCUT2D eigenvalue weighted by atomic mass is 9.95. The number of aromatic nitrogens is 2.